The summed E-state index contributed by atoms with van der Waals surface area (Å²) in [7, 11) is 1.98. The van der Waals surface area contributed by atoms with Gasteiger partial charge in [0.1, 0.15) is 5.82 Å². The highest BCUT2D eigenvalue weighted by atomic mass is 16.3. The number of aliphatic hydroxyl groups is 1. The van der Waals surface area contributed by atoms with Crippen molar-refractivity contribution in [3.8, 4) is 0 Å². The molecule has 4 nitrogen and oxygen atoms in total. The van der Waals surface area contributed by atoms with Crippen molar-refractivity contribution < 1.29 is 5.11 Å². The molecule has 2 heterocycles. The largest absolute Gasteiger partial charge is 0.396 e. The minimum atomic E-state index is 0.292. The summed E-state index contributed by atoms with van der Waals surface area (Å²) in [6, 6.07) is 4.46. The average molecular weight is 263 g/mol. The van der Waals surface area contributed by atoms with Gasteiger partial charge in [-0.1, -0.05) is 6.07 Å². The second-order valence-corrected chi connectivity index (χ2v) is 5.39. The maximum Gasteiger partial charge on any atom is 0.133 e. The first-order valence-electron chi connectivity index (χ1n) is 7.24. The van der Waals surface area contributed by atoms with E-state index in [0.29, 0.717) is 18.6 Å². The molecule has 4 heteroatoms. The van der Waals surface area contributed by atoms with Crippen molar-refractivity contribution in [1.82, 2.24) is 10.3 Å². The Labute approximate surface area is 115 Å². The average Bonchev–Trinajstić information content (AvgIpc) is 2.47. The summed E-state index contributed by atoms with van der Waals surface area (Å²) in [6.07, 6.45) is 5.19. The van der Waals surface area contributed by atoms with Crippen LogP contribution in [0.4, 0.5) is 5.82 Å². The number of aromatic nitrogens is 1. The predicted octanol–water partition coefficient (Wildman–Crippen LogP) is 1.96. The van der Waals surface area contributed by atoms with E-state index in [4.69, 9.17) is 5.11 Å². The van der Waals surface area contributed by atoms with Crippen molar-refractivity contribution in [3.63, 3.8) is 0 Å². The molecule has 0 amide bonds. The van der Waals surface area contributed by atoms with E-state index < -0.39 is 0 Å². The predicted molar refractivity (Wildman–Crippen MR) is 78.4 cm³/mol. The summed E-state index contributed by atoms with van der Waals surface area (Å²) in [6.45, 7) is 4.54. The lowest BCUT2D eigenvalue weighted by atomic mass is 9.94. The summed E-state index contributed by atoms with van der Waals surface area (Å²) < 4.78 is 0. The zero-order chi connectivity index (χ0) is 13.7. The normalized spacial score (nSPS) is 21.4. The van der Waals surface area contributed by atoms with Crippen molar-refractivity contribution >= 4 is 5.82 Å². The number of hydrogen-bond acceptors (Lipinski definition) is 4. The molecule has 0 saturated carbocycles. The SMILES string of the molecule is CNC(C)c1cccnc1N1CCCC(CCO)C1. The van der Waals surface area contributed by atoms with Crippen LogP contribution in [0.2, 0.25) is 0 Å². The minimum absolute atomic E-state index is 0.292. The molecule has 2 N–H and O–H groups in total. The number of rotatable bonds is 5. The molecule has 2 atom stereocenters. The van der Waals surface area contributed by atoms with Gasteiger partial charge in [0, 0.05) is 37.5 Å². The Morgan fingerprint density at radius 3 is 3.16 bits per heavy atom. The molecule has 1 aromatic rings. The molecule has 1 aromatic heterocycles. The first-order chi connectivity index (χ1) is 9.26. The third-order valence-electron chi connectivity index (χ3n) is 4.07. The van der Waals surface area contributed by atoms with E-state index >= 15 is 0 Å². The van der Waals surface area contributed by atoms with Gasteiger partial charge in [0.25, 0.3) is 0 Å². The number of piperidine rings is 1. The van der Waals surface area contributed by atoms with Crippen LogP contribution in [0.15, 0.2) is 18.3 Å². The van der Waals surface area contributed by atoms with E-state index in [1.54, 1.807) is 0 Å². The molecular formula is C15H25N3O. The number of hydrogen-bond donors (Lipinski definition) is 2. The number of anilines is 1. The van der Waals surface area contributed by atoms with Crippen LogP contribution in [0.5, 0.6) is 0 Å². The van der Waals surface area contributed by atoms with Gasteiger partial charge in [-0.05, 0) is 45.2 Å². The number of aliphatic hydroxyl groups excluding tert-OH is 1. The molecule has 1 saturated heterocycles. The van der Waals surface area contributed by atoms with E-state index in [1.807, 2.05) is 19.3 Å². The highest BCUT2D eigenvalue weighted by molar-refractivity contribution is 5.48. The van der Waals surface area contributed by atoms with Gasteiger partial charge in [-0.2, -0.15) is 0 Å². The summed E-state index contributed by atoms with van der Waals surface area (Å²) in [5.41, 5.74) is 1.26. The Balaban J connectivity index is 2.16. The van der Waals surface area contributed by atoms with Crippen molar-refractivity contribution in [2.45, 2.75) is 32.2 Å². The van der Waals surface area contributed by atoms with Crippen molar-refractivity contribution in [2.75, 3.05) is 31.6 Å². The molecule has 2 unspecified atom stereocenters. The van der Waals surface area contributed by atoms with Crippen LogP contribution in [0.1, 0.15) is 37.8 Å². The van der Waals surface area contributed by atoms with Crippen LogP contribution in [-0.2, 0) is 0 Å². The van der Waals surface area contributed by atoms with Crippen LogP contribution >= 0.6 is 0 Å². The first-order valence-corrected chi connectivity index (χ1v) is 7.24. The summed E-state index contributed by atoms with van der Waals surface area (Å²) in [4.78, 5) is 6.97. The van der Waals surface area contributed by atoms with Crippen LogP contribution in [-0.4, -0.2) is 36.8 Å². The quantitative estimate of drug-likeness (QED) is 0.852. The highest BCUT2D eigenvalue weighted by Gasteiger charge is 2.23. The fraction of sp³-hybridized carbons (Fsp3) is 0.667. The van der Waals surface area contributed by atoms with E-state index in [0.717, 1.165) is 25.3 Å². The lowest BCUT2D eigenvalue weighted by molar-refractivity contribution is 0.244. The molecule has 0 aromatic carbocycles. The number of nitrogens with zero attached hydrogens (tertiary/aromatic N) is 2. The second-order valence-electron chi connectivity index (χ2n) is 5.39. The zero-order valence-electron chi connectivity index (χ0n) is 12.0. The molecule has 0 spiro atoms. The number of nitrogens with one attached hydrogen (secondary N) is 1. The Morgan fingerprint density at radius 2 is 2.42 bits per heavy atom. The van der Waals surface area contributed by atoms with Crippen molar-refractivity contribution in [1.29, 1.82) is 0 Å². The van der Waals surface area contributed by atoms with Gasteiger partial charge in [-0.25, -0.2) is 4.98 Å². The topological polar surface area (TPSA) is 48.4 Å². The molecule has 0 radical (unpaired) electrons. The van der Waals surface area contributed by atoms with Gasteiger partial charge in [-0.15, -0.1) is 0 Å². The van der Waals surface area contributed by atoms with Crippen molar-refractivity contribution in [2.24, 2.45) is 5.92 Å². The molecule has 0 bridgehead atoms. The fourth-order valence-electron chi connectivity index (χ4n) is 2.84. The van der Waals surface area contributed by atoms with E-state index in [-0.39, 0.29) is 0 Å². The molecule has 1 fully saturated rings. The number of pyridine rings is 1. The highest BCUT2D eigenvalue weighted by Crippen LogP contribution is 2.28. The van der Waals surface area contributed by atoms with Crippen LogP contribution in [0, 0.1) is 5.92 Å². The maximum atomic E-state index is 9.11. The van der Waals surface area contributed by atoms with E-state index in [1.165, 1.54) is 18.4 Å². The zero-order valence-corrected chi connectivity index (χ0v) is 12.0. The van der Waals surface area contributed by atoms with Gasteiger partial charge in [0.05, 0.1) is 0 Å². The van der Waals surface area contributed by atoms with Crippen LogP contribution < -0.4 is 10.2 Å². The lowest BCUT2D eigenvalue weighted by Gasteiger charge is -2.35. The second kappa shape index (κ2) is 6.87. The van der Waals surface area contributed by atoms with Crippen LogP contribution in [0.25, 0.3) is 0 Å². The fourth-order valence-corrected chi connectivity index (χ4v) is 2.84. The standard InChI is InChI=1S/C15H25N3O/c1-12(16-2)14-6-3-8-17-15(14)18-9-4-5-13(11-18)7-10-19/h3,6,8,12-13,16,19H,4-5,7,9-11H2,1-2H3. The smallest absolute Gasteiger partial charge is 0.133 e. The van der Waals surface area contributed by atoms with Gasteiger partial charge < -0.3 is 15.3 Å². The van der Waals surface area contributed by atoms with Crippen molar-refractivity contribution in [3.05, 3.63) is 23.9 Å². The Bertz CT molecular complexity index is 395. The van der Waals surface area contributed by atoms with E-state index in [9.17, 15) is 0 Å². The summed E-state index contributed by atoms with van der Waals surface area (Å²) in [5.74, 6) is 1.70. The minimum Gasteiger partial charge on any atom is -0.396 e. The third kappa shape index (κ3) is 3.45. The molecule has 0 aliphatic carbocycles. The third-order valence-corrected chi connectivity index (χ3v) is 4.07. The van der Waals surface area contributed by atoms with Gasteiger partial charge in [0.2, 0.25) is 0 Å². The summed E-state index contributed by atoms with van der Waals surface area (Å²) >= 11 is 0. The lowest BCUT2D eigenvalue weighted by Crippen LogP contribution is -2.37. The summed E-state index contributed by atoms with van der Waals surface area (Å²) in [5, 5.41) is 12.4. The van der Waals surface area contributed by atoms with Crippen LogP contribution in [0.3, 0.4) is 0 Å². The van der Waals surface area contributed by atoms with Gasteiger partial charge in [0.15, 0.2) is 0 Å². The molecule has 19 heavy (non-hydrogen) atoms. The maximum absolute atomic E-state index is 9.11. The molecule has 2 rings (SSSR count). The first kappa shape index (κ1) is 14.3. The Morgan fingerprint density at radius 1 is 1.58 bits per heavy atom. The van der Waals surface area contributed by atoms with Gasteiger partial charge >= 0.3 is 0 Å². The van der Waals surface area contributed by atoms with Gasteiger partial charge in [-0.3, -0.25) is 0 Å². The Hall–Kier alpha value is -1.13. The molecular weight excluding hydrogens is 238 g/mol. The molecule has 1 aliphatic heterocycles. The molecule has 106 valence electrons. The monoisotopic (exact) mass is 263 g/mol. The van der Waals surface area contributed by atoms with E-state index in [2.05, 4.69) is 28.2 Å². The molecule has 1 aliphatic rings. The Kier molecular flexibility index (Phi) is 5.16.